The molecule has 0 saturated carbocycles. The van der Waals surface area contributed by atoms with Crippen molar-refractivity contribution in [1.82, 2.24) is 21.3 Å². The fraction of sp³-hybridized carbons (Fsp3) is 0.625. The number of nitrogens with two attached hydrogens (primary N) is 2. The molecular weight excluding hydrogens is 686 g/mol. The molecule has 10 N–H and O–H groups in total. The Hall–Kier alpha value is -4.85. The molecule has 1 saturated heterocycles. The quantitative estimate of drug-likeness (QED) is 0.0286. The van der Waals surface area contributed by atoms with E-state index in [1.165, 1.54) is 20.8 Å². The molecule has 0 spiro atoms. The van der Waals surface area contributed by atoms with Crippen LogP contribution in [0.4, 0.5) is 0 Å². The highest BCUT2D eigenvalue weighted by atomic mass is 16.7. The van der Waals surface area contributed by atoms with Crippen molar-refractivity contribution in [2.24, 2.45) is 16.6 Å². The third-order valence-electron chi connectivity index (χ3n) is 8.03. The molecule has 2 rings (SSSR count). The van der Waals surface area contributed by atoms with Crippen molar-refractivity contribution < 1.29 is 53.2 Å². The largest absolute Gasteiger partial charge is 0.394 e. The molecule has 1 heterocycles. The van der Waals surface area contributed by atoms with E-state index in [1.54, 1.807) is 24.3 Å². The molecule has 1 fully saturated rings. The summed E-state index contributed by atoms with van der Waals surface area (Å²) in [6, 6.07) is 4.35. The summed E-state index contributed by atoms with van der Waals surface area (Å²) in [6.07, 6.45) is -5.96. The Balaban J connectivity index is 2.00. The van der Waals surface area contributed by atoms with Gasteiger partial charge < -0.3 is 57.2 Å². The van der Waals surface area contributed by atoms with Gasteiger partial charge in [0, 0.05) is 24.8 Å². The molecule has 1 aliphatic rings. The maximum absolute atomic E-state index is 13.1. The number of azide groups is 1. The van der Waals surface area contributed by atoms with Gasteiger partial charge in [0.05, 0.1) is 13.2 Å². The van der Waals surface area contributed by atoms with Crippen LogP contribution >= 0.6 is 0 Å². The van der Waals surface area contributed by atoms with Crippen LogP contribution in [0.15, 0.2) is 35.4 Å². The zero-order valence-corrected chi connectivity index (χ0v) is 29.3. The number of hydrogen-bond acceptors (Lipinski definition) is 12. The van der Waals surface area contributed by atoms with E-state index in [0.29, 0.717) is 12.8 Å². The van der Waals surface area contributed by atoms with Gasteiger partial charge in [-0.25, -0.2) is 0 Å². The smallest absolute Gasteiger partial charge is 0.249 e. The van der Waals surface area contributed by atoms with E-state index in [4.69, 9.17) is 31.2 Å². The fourth-order valence-electron chi connectivity index (χ4n) is 5.19. The summed E-state index contributed by atoms with van der Waals surface area (Å²) in [5.74, 6) is -4.51. The van der Waals surface area contributed by atoms with Crippen LogP contribution in [0.25, 0.3) is 10.4 Å². The molecule has 9 atom stereocenters. The molecule has 0 radical (unpaired) electrons. The number of ether oxygens (including phenoxy) is 3. The number of hydrogen-bond donors (Lipinski definition) is 8. The summed E-state index contributed by atoms with van der Waals surface area (Å²) in [4.78, 5) is 77.2. The zero-order chi connectivity index (χ0) is 38.8. The second-order valence-electron chi connectivity index (χ2n) is 12.2. The molecule has 52 heavy (non-hydrogen) atoms. The van der Waals surface area contributed by atoms with Gasteiger partial charge in [-0.1, -0.05) is 41.9 Å². The molecule has 1 aromatic rings. The topological polar surface area (TPSA) is 319 Å². The lowest BCUT2D eigenvalue weighted by Gasteiger charge is -2.44. The van der Waals surface area contributed by atoms with Crippen molar-refractivity contribution in [2.75, 3.05) is 13.2 Å². The number of benzene rings is 1. The molecule has 288 valence electrons. The Kier molecular flexibility index (Phi) is 18.5. The van der Waals surface area contributed by atoms with E-state index in [2.05, 4.69) is 31.3 Å². The molecule has 1 unspecified atom stereocenters. The van der Waals surface area contributed by atoms with Crippen molar-refractivity contribution in [3.63, 3.8) is 0 Å². The highest BCUT2D eigenvalue weighted by molar-refractivity contribution is 5.92. The predicted molar refractivity (Wildman–Crippen MR) is 182 cm³/mol. The molecular formula is C32H49N9O11. The summed E-state index contributed by atoms with van der Waals surface area (Å²) in [6.45, 7) is 3.53. The lowest BCUT2D eigenvalue weighted by atomic mass is 9.96. The van der Waals surface area contributed by atoms with Gasteiger partial charge in [-0.15, -0.1) is 0 Å². The van der Waals surface area contributed by atoms with Crippen molar-refractivity contribution in [3.8, 4) is 0 Å². The van der Waals surface area contributed by atoms with Crippen LogP contribution in [-0.4, -0.2) is 114 Å². The number of rotatable bonds is 22. The van der Waals surface area contributed by atoms with Crippen molar-refractivity contribution in [1.29, 1.82) is 0 Å². The highest BCUT2D eigenvalue weighted by Gasteiger charge is 2.48. The van der Waals surface area contributed by atoms with Crippen LogP contribution in [0.2, 0.25) is 0 Å². The summed E-state index contributed by atoms with van der Waals surface area (Å²) in [7, 11) is 0. The van der Waals surface area contributed by atoms with Gasteiger partial charge >= 0.3 is 0 Å². The number of nitrogens with one attached hydrogen (secondary N) is 4. The lowest BCUT2D eigenvalue weighted by molar-refractivity contribution is -0.283. The second kappa shape index (κ2) is 22.2. The van der Waals surface area contributed by atoms with E-state index < -0.39 is 96.9 Å². The summed E-state index contributed by atoms with van der Waals surface area (Å²) in [5.41, 5.74) is 19.9. The van der Waals surface area contributed by atoms with E-state index in [-0.39, 0.29) is 32.4 Å². The number of aliphatic hydroxyl groups excluding tert-OH is 2. The van der Waals surface area contributed by atoms with Crippen LogP contribution in [0.5, 0.6) is 0 Å². The minimum absolute atomic E-state index is 0.0529. The number of nitrogens with zero attached hydrogens (tertiary/aromatic N) is 3. The van der Waals surface area contributed by atoms with Gasteiger partial charge in [-0.05, 0) is 44.2 Å². The van der Waals surface area contributed by atoms with Crippen LogP contribution in [-0.2, 0) is 49.6 Å². The summed E-state index contributed by atoms with van der Waals surface area (Å²) in [5, 5.41) is 34.1. The predicted octanol–water partition coefficient (Wildman–Crippen LogP) is -1.73. The molecule has 0 bridgehead atoms. The third kappa shape index (κ3) is 14.4. The van der Waals surface area contributed by atoms with Crippen molar-refractivity contribution >= 4 is 35.4 Å². The lowest BCUT2D eigenvalue weighted by Crippen LogP contribution is -2.66. The molecule has 20 nitrogen and oxygen atoms in total. The Labute approximate surface area is 300 Å². The standard InChI is InChI=1S/C32H49N9O11/c1-17(30(48)40-22(29(34)47)12-13-24(44)39-21(28(33)46)11-7-8-14-36-41-35)37-31(49)18(2)51-27-25(38-19(3)43)32(52-23(15-42)26(27)45)50-16-20-9-5-4-6-10-20/h4-6,9-10,17-18,21-23,25-27,32,42,45H,7-8,11-16H2,1-3H3,(H2,33,46)(H2,34,47)(H,37,49)(H,38,43)(H,39,44)(H,40,48)/t17-,18+,21-,22+,23+,25+,26+,27+,32?/m0/s1. The maximum Gasteiger partial charge on any atom is 0.249 e. The fourth-order valence-corrected chi connectivity index (χ4v) is 5.19. The zero-order valence-electron chi connectivity index (χ0n) is 29.3. The van der Waals surface area contributed by atoms with Crippen LogP contribution < -0.4 is 32.7 Å². The van der Waals surface area contributed by atoms with Crippen LogP contribution in [0.3, 0.4) is 0 Å². The Bertz CT molecular complexity index is 1410. The number of aliphatic hydroxyl groups is 2. The summed E-state index contributed by atoms with van der Waals surface area (Å²) >= 11 is 0. The second-order valence-corrected chi connectivity index (χ2v) is 12.2. The number of amides is 6. The van der Waals surface area contributed by atoms with Gasteiger partial charge in [-0.2, -0.15) is 0 Å². The first kappa shape index (κ1) is 43.3. The van der Waals surface area contributed by atoms with Crippen LogP contribution in [0, 0.1) is 0 Å². The minimum atomic E-state index is -1.51. The SMILES string of the molecule is CC(=O)N[C@H]1C(OCc2ccccc2)O[C@H](CO)[C@@H](O)[C@@H]1O[C@H](C)C(=O)N[C@@H](C)C(=O)N[C@H](CCC(=O)N[C@@H](CCCCN=[N+]=[N-])C(N)=O)C(N)=O. The molecule has 0 aromatic heterocycles. The minimum Gasteiger partial charge on any atom is -0.394 e. The first-order valence-corrected chi connectivity index (χ1v) is 16.7. The molecule has 1 aromatic carbocycles. The van der Waals surface area contributed by atoms with E-state index in [1.807, 2.05) is 6.07 Å². The monoisotopic (exact) mass is 735 g/mol. The number of carbonyl (C=O) groups is 6. The maximum atomic E-state index is 13.1. The van der Waals surface area contributed by atoms with E-state index in [9.17, 15) is 39.0 Å². The number of unbranched alkanes of at least 4 members (excludes halogenated alkanes) is 1. The van der Waals surface area contributed by atoms with E-state index in [0.717, 1.165) is 5.56 Å². The number of primary amides is 2. The molecule has 1 aliphatic heterocycles. The normalized spacial score (nSPS) is 22.0. The van der Waals surface area contributed by atoms with Gasteiger partial charge in [0.2, 0.25) is 35.4 Å². The number of carbonyl (C=O) groups excluding carboxylic acids is 6. The Morgan fingerprint density at radius 2 is 1.63 bits per heavy atom. The molecule has 0 aliphatic carbocycles. The van der Waals surface area contributed by atoms with Crippen molar-refractivity contribution in [2.45, 2.75) is 114 Å². The van der Waals surface area contributed by atoms with Gasteiger partial charge in [0.25, 0.3) is 0 Å². The molecule has 6 amide bonds. The third-order valence-corrected chi connectivity index (χ3v) is 8.03. The Morgan fingerprint density at radius 1 is 0.981 bits per heavy atom. The average Bonchev–Trinajstić information content (AvgIpc) is 3.10. The molecule has 20 heteroatoms. The van der Waals surface area contributed by atoms with Crippen molar-refractivity contribution in [3.05, 3.63) is 46.3 Å². The van der Waals surface area contributed by atoms with Crippen LogP contribution in [0.1, 0.15) is 58.4 Å². The van der Waals surface area contributed by atoms with Gasteiger partial charge in [0.1, 0.15) is 48.6 Å². The average molecular weight is 736 g/mol. The Morgan fingerprint density at radius 3 is 2.23 bits per heavy atom. The van der Waals surface area contributed by atoms with Gasteiger partial charge in [-0.3, -0.25) is 28.8 Å². The first-order chi connectivity index (χ1) is 24.7. The van der Waals surface area contributed by atoms with Gasteiger partial charge in [0.15, 0.2) is 6.29 Å². The van der Waals surface area contributed by atoms with E-state index >= 15 is 0 Å². The summed E-state index contributed by atoms with van der Waals surface area (Å²) < 4.78 is 17.5. The first-order valence-electron chi connectivity index (χ1n) is 16.7. The highest BCUT2D eigenvalue weighted by Crippen LogP contribution is 2.26.